The van der Waals surface area contributed by atoms with Crippen LogP contribution in [-0.4, -0.2) is 35.9 Å². The quantitative estimate of drug-likeness (QED) is 0.879. The zero-order valence-electron chi connectivity index (χ0n) is 9.91. The van der Waals surface area contributed by atoms with E-state index in [9.17, 15) is 8.60 Å². The Bertz CT molecular complexity index is 415. The van der Waals surface area contributed by atoms with E-state index >= 15 is 0 Å². The van der Waals surface area contributed by atoms with Crippen molar-refractivity contribution in [3.63, 3.8) is 0 Å². The summed E-state index contributed by atoms with van der Waals surface area (Å²) in [5.74, 6) is 1.08. The van der Waals surface area contributed by atoms with Crippen LogP contribution in [0, 0.1) is 5.82 Å². The second kappa shape index (κ2) is 5.60. The van der Waals surface area contributed by atoms with E-state index in [4.69, 9.17) is 0 Å². The van der Waals surface area contributed by atoms with Crippen molar-refractivity contribution in [2.24, 2.45) is 0 Å². The van der Waals surface area contributed by atoms with Gasteiger partial charge in [-0.2, -0.15) is 0 Å². The highest BCUT2D eigenvalue weighted by atomic mass is 32.2. The Morgan fingerprint density at radius 1 is 1.41 bits per heavy atom. The lowest BCUT2D eigenvalue weighted by atomic mass is 10.1. The molecule has 0 bridgehead atoms. The maximum absolute atomic E-state index is 13.9. The Kier molecular flexibility index (Phi) is 4.12. The highest BCUT2D eigenvalue weighted by molar-refractivity contribution is 7.85. The molecule has 1 N–H and O–H groups in total. The first-order chi connectivity index (χ1) is 8.22. The van der Waals surface area contributed by atoms with E-state index in [2.05, 4.69) is 5.32 Å². The number of nitrogens with zero attached hydrogens (tertiary/aromatic N) is 1. The molecule has 0 unspecified atom stereocenters. The van der Waals surface area contributed by atoms with Crippen LogP contribution in [0.4, 0.5) is 10.1 Å². The Labute approximate surface area is 103 Å². The van der Waals surface area contributed by atoms with E-state index in [1.807, 2.05) is 18.0 Å². The van der Waals surface area contributed by atoms with Crippen molar-refractivity contribution in [3.8, 4) is 0 Å². The molecule has 1 aromatic carbocycles. The summed E-state index contributed by atoms with van der Waals surface area (Å²) in [4.78, 5) is 2.00. The molecule has 0 atom stereocenters. The normalized spacial score (nSPS) is 17.4. The van der Waals surface area contributed by atoms with Gasteiger partial charge < -0.3 is 10.2 Å². The fourth-order valence-corrected chi connectivity index (χ4v) is 3.16. The number of halogens is 1. The minimum absolute atomic E-state index is 0.189. The summed E-state index contributed by atoms with van der Waals surface area (Å²) in [5, 5.41) is 3.05. The van der Waals surface area contributed by atoms with Crippen LogP contribution < -0.4 is 10.2 Å². The predicted molar refractivity (Wildman–Crippen MR) is 69.3 cm³/mol. The maximum atomic E-state index is 13.9. The van der Waals surface area contributed by atoms with Gasteiger partial charge in [-0.1, -0.05) is 12.1 Å². The van der Waals surface area contributed by atoms with Crippen LogP contribution in [0.5, 0.6) is 0 Å². The maximum Gasteiger partial charge on any atom is 0.146 e. The van der Waals surface area contributed by atoms with Gasteiger partial charge in [0.2, 0.25) is 0 Å². The lowest BCUT2D eigenvalue weighted by molar-refractivity contribution is 0.612. The average molecular weight is 256 g/mol. The molecule has 0 saturated carbocycles. The first-order valence-corrected chi connectivity index (χ1v) is 7.23. The zero-order chi connectivity index (χ0) is 12.3. The minimum Gasteiger partial charge on any atom is -0.367 e. The number of anilines is 1. The molecular weight excluding hydrogens is 239 g/mol. The van der Waals surface area contributed by atoms with Crippen molar-refractivity contribution >= 4 is 16.5 Å². The van der Waals surface area contributed by atoms with Crippen LogP contribution in [0.25, 0.3) is 0 Å². The summed E-state index contributed by atoms with van der Waals surface area (Å²) >= 11 is 0. The van der Waals surface area contributed by atoms with Gasteiger partial charge in [0, 0.05) is 41.9 Å². The lowest BCUT2D eigenvalue weighted by Crippen LogP contribution is -2.39. The smallest absolute Gasteiger partial charge is 0.146 e. The highest BCUT2D eigenvalue weighted by Crippen LogP contribution is 2.25. The molecule has 94 valence electrons. The standard InChI is InChI=1S/C12H17FN2OS/c1-14-9-10-3-2-4-11(13)12(10)15-5-7-17(16)8-6-15/h2-4,14H,5-9H2,1H3. The van der Waals surface area contributed by atoms with Crippen LogP contribution in [-0.2, 0) is 17.3 Å². The Morgan fingerprint density at radius 2 is 2.12 bits per heavy atom. The first-order valence-electron chi connectivity index (χ1n) is 5.74. The van der Waals surface area contributed by atoms with Gasteiger partial charge in [-0.15, -0.1) is 0 Å². The molecule has 0 amide bonds. The monoisotopic (exact) mass is 256 g/mol. The van der Waals surface area contributed by atoms with Gasteiger partial charge >= 0.3 is 0 Å². The number of hydrogen-bond donors (Lipinski definition) is 1. The van der Waals surface area contributed by atoms with Crippen molar-refractivity contribution in [3.05, 3.63) is 29.6 Å². The third-order valence-electron chi connectivity index (χ3n) is 2.93. The van der Waals surface area contributed by atoms with E-state index in [-0.39, 0.29) is 5.82 Å². The molecule has 1 saturated heterocycles. The summed E-state index contributed by atoms with van der Waals surface area (Å²) in [6.45, 7) is 1.99. The molecule has 0 aromatic heterocycles. The molecule has 5 heteroatoms. The first kappa shape index (κ1) is 12.5. The number of hydrogen-bond acceptors (Lipinski definition) is 3. The summed E-state index contributed by atoms with van der Waals surface area (Å²) in [5.41, 5.74) is 1.62. The molecule has 0 spiro atoms. The van der Waals surface area contributed by atoms with Gasteiger partial charge in [0.05, 0.1) is 5.69 Å². The number of rotatable bonds is 3. The van der Waals surface area contributed by atoms with Crippen LogP contribution in [0.3, 0.4) is 0 Å². The van der Waals surface area contributed by atoms with Gasteiger partial charge in [0.15, 0.2) is 0 Å². The van der Waals surface area contributed by atoms with E-state index in [0.29, 0.717) is 36.8 Å². The molecular formula is C12H17FN2OS. The summed E-state index contributed by atoms with van der Waals surface area (Å²) < 4.78 is 25.2. The van der Waals surface area contributed by atoms with Crippen molar-refractivity contribution in [2.75, 3.05) is 36.5 Å². The van der Waals surface area contributed by atoms with E-state index in [0.717, 1.165) is 5.56 Å². The van der Waals surface area contributed by atoms with Crippen LogP contribution in [0.2, 0.25) is 0 Å². The molecule has 3 nitrogen and oxygen atoms in total. The van der Waals surface area contributed by atoms with Gasteiger partial charge in [0.25, 0.3) is 0 Å². The Morgan fingerprint density at radius 3 is 2.76 bits per heavy atom. The molecule has 0 aliphatic carbocycles. The number of para-hydroxylation sites is 1. The third-order valence-corrected chi connectivity index (χ3v) is 4.21. The Balaban J connectivity index is 2.26. The topological polar surface area (TPSA) is 32.3 Å². The van der Waals surface area contributed by atoms with Crippen molar-refractivity contribution in [2.45, 2.75) is 6.54 Å². The van der Waals surface area contributed by atoms with Crippen LogP contribution >= 0.6 is 0 Å². The lowest BCUT2D eigenvalue weighted by Gasteiger charge is -2.30. The van der Waals surface area contributed by atoms with Crippen molar-refractivity contribution < 1.29 is 8.60 Å². The van der Waals surface area contributed by atoms with E-state index in [1.54, 1.807) is 6.07 Å². The fraction of sp³-hybridized carbons (Fsp3) is 0.500. The summed E-state index contributed by atoms with van der Waals surface area (Å²) in [7, 11) is 1.12. The number of nitrogens with one attached hydrogen (secondary N) is 1. The summed E-state index contributed by atoms with van der Waals surface area (Å²) in [6.07, 6.45) is 0. The molecule has 17 heavy (non-hydrogen) atoms. The third kappa shape index (κ3) is 2.84. The van der Waals surface area contributed by atoms with Crippen molar-refractivity contribution in [1.82, 2.24) is 5.32 Å². The van der Waals surface area contributed by atoms with Gasteiger partial charge in [-0.3, -0.25) is 4.21 Å². The Hall–Kier alpha value is -0.940. The molecule has 2 rings (SSSR count). The van der Waals surface area contributed by atoms with Gasteiger partial charge in [-0.05, 0) is 18.7 Å². The molecule has 1 aliphatic rings. The number of benzene rings is 1. The molecule has 0 radical (unpaired) electrons. The molecule has 1 fully saturated rings. The minimum atomic E-state index is -0.731. The van der Waals surface area contributed by atoms with E-state index in [1.165, 1.54) is 6.07 Å². The summed E-state index contributed by atoms with van der Waals surface area (Å²) in [6, 6.07) is 5.15. The predicted octanol–water partition coefficient (Wildman–Crippen LogP) is 1.11. The fourth-order valence-electron chi connectivity index (χ4n) is 2.11. The van der Waals surface area contributed by atoms with Crippen molar-refractivity contribution in [1.29, 1.82) is 0 Å². The average Bonchev–Trinajstić information content (AvgIpc) is 2.32. The van der Waals surface area contributed by atoms with Gasteiger partial charge in [-0.25, -0.2) is 4.39 Å². The largest absolute Gasteiger partial charge is 0.367 e. The second-order valence-corrected chi connectivity index (χ2v) is 5.81. The zero-order valence-corrected chi connectivity index (χ0v) is 10.7. The second-order valence-electron chi connectivity index (χ2n) is 4.11. The van der Waals surface area contributed by atoms with Gasteiger partial charge in [0.1, 0.15) is 5.82 Å². The van der Waals surface area contributed by atoms with E-state index < -0.39 is 10.8 Å². The van der Waals surface area contributed by atoms with Crippen LogP contribution in [0.15, 0.2) is 18.2 Å². The molecule has 1 aromatic rings. The molecule has 1 aliphatic heterocycles. The SMILES string of the molecule is CNCc1cccc(F)c1N1CCS(=O)CC1. The van der Waals surface area contributed by atoms with Crippen LogP contribution in [0.1, 0.15) is 5.56 Å². The highest BCUT2D eigenvalue weighted by Gasteiger charge is 2.20. The molecule has 1 heterocycles.